The minimum Gasteiger partial charge on any atom is -0.462 e. The van der Waals surface area contributed by atoms with Gasteiger partial charge in [0, 0.05) is 6.42 Å². The summed E-state index contributed by atoms with van der Waals surface area (Å²) in [5.74, 6) is 0.387. The van der Waals surface area contributed by atoms with E-state index in [1.807, 2.05) is 18.2 Å². The van der Waals surface area contributed by atoms with E-state index in [1.54, 1.807) is 12.1 Å². The lowest BCUT2D eigenvalue weighted by Gasteiger charge is -2.41. The maximum atomic E-state index is 10.3. The van der Waals surface area contributed by atoms with Gasteiger partial charge in [0.15, 0.2) is 0 Å². The van der Waals surface area contributed by atoms with Gasteiger partial charge in [0.05, 0.1) is 12.7 Å². The topological polar surface area (TPSA) is 120 Å². The zero-order valence-corrected chi connectivity index (χ0v) is 17.2. The van der Waals surface area contributed by atoms with Crippen LogP contribution in [0.4, 0.5) is 0 Å². The highest BCUT2D eigenvalue weighted by Crippen LogP contribution is 2.30. The number of rotatable bonds is 7. The van der Waals surface area contributed by atoms with Crippen LogP contribution in [-0.2, 0) is 24.2 Å². The molecule has 7 heteroatoms. The second kappa shape index (κ2) is 9.87. The summed E-state index contributed by atoms with van der Waals surface area (Å²) >= 11 is 0. The first-order valence-electron chi connectivity index (χ1n) is 10.2. The number of aryl methyl sites for hydroxylation is 1. The SMILES string of the molecule is CCc1ccc(Cc2ccc(CO)cc2O[C@@H]2O[C@H]([C@H](C)O)[C@@H](O)[C@H](O)[C@H]2O)cc1. The van der Waals surface area contributed by atoms with Gasteiger partial charge >= 0.3 is 0 Å². The zero-order valence-electron chi connectivity index (χ0n) is 17.2. The lowest BCUT2D eigenvalue weighted by Crippen LogP contribution is -2.61. The number of benzene rings is 2. The summed E-state index contributed by atoms with van der Waals surface area (Å²) in [6, 6.07) is 13.5. The van der Waals surface area contributed by atoms with E-state index in [0.717, 1.165) is 17.5 Å². The van der Waals surface area contributed by atoms with Crippen LogP contribution in [0, 0.1) is 0 Å². The second-order valence-electron chi connectivity index (χ2n) is 7.75. The third kappa shape index (κ3) is 5.00. The highest BCUT2D eigenvalue weighted by atomic mass is 16.7. The number of hydrogen-bond donors (Lipinski definition) is 5. The standard InChI is InChI=1S/C23H30O7/c1-3-14-4-6-15(7-5-14)10-17-9-8-16(12-24)11-18(17)29-23-21(28)19(26)20(27)22(30-23)13(2)25/h4-9,11,13,19-28H,3,10,12H2,1-2H3/t13-,19-,20-,21+,22+,23+/m0/s1. The molecule has 1 aliphatic heterocycles. The summed E-state index contributed by atoms with van der Waals surface area (Å²) in [6.07, 6.45) is -6.46. The molecule has 0 unspecified atom stereocenters. The van der Waals surface area contributed by atoms with Crippen LogP contribution in [0.1, 0.15) is 36.1 Å². The number of ether oxygens (including phenoxy) is 2. The molecule has 2 aromatic rings. The van der Waals surface area contributed by atoms with Crippen LogP contribution in [-0.4, -0.2) is 62.3 Å². The molecule has 5 N–H and O–H groups in total. The second-order valence-corrected chi connectivity index (χ2v) is 7.75. The van der Waals surface area contributed by atoms with Gasteiger partial charge in [-0.1, -0.05) is 43.3 Å². The van der Waals surface area contributed by atoms with Gasteiger partial charge in [0.1, 0.15) is 30.2 Å². The van der Waals surface area contributed by atoms with Gasteiger partial charge in [-0.2, -0.15) is 0 Å². The van der Waals surface area contributed by atoms with Crippen molar-refractivity contribution in [2.24, 2.45) is 0 Å². The third-order valence-electron chi connectivity index (χ3n) is 5.47. The molecular formula is C23H30O7. The van der Waals surface area contributed by atoms with Crippen molar-refractivity contribution in [3.8, 4) is 5.75 Å². The molecule has 7 nitrogen and oxygen atoms in total. The van der Waals surface area contributed by atoms with E-state index in [-0.39, 0.29) is 6.61 Å². The Morgan fingerprint density at radius 2 is 1.57 bits per heavy atom. The lowest BCUT2D eigenvalue weighted by molar-refractivity contribution is -0.286. The van der Waals surface area contributed by atoms with E-state index in [9.17, 15) is 25.5 Å². The summed E-state index contributed by atoms with van der Waals surface area (Å²) in [7, 11) is 0. The summed E-state index contributed by atoms with van der Waals surface area (Å²) < 4.78 is 11.5. The largest absolute Gasteiger partial charge is 0.462 e. The summed E-state index contributed by atoms with van der Waals surface area (Å²) in [5, 5.41) is 49.9. The van der Waals surface area contributed by atoms with Crippen LogP contribution in [0.5, 0.6) is 5.75 Å². The highest BCUT2D eigenvalue weighted by Gasteiger charge is 2.46. The van der Waals surface area contributed by atoms with Crippen molar-refractivity contribution in [1.82, 2.24) is 0 Å². The Hall–Kier alpha value is -2.00. The lowest BCUT2D eigenvalue weighted by atomic mass is 9.96. The Bertz CT molecular complexity index is 821. The molecular weight excluding hydrogens is 388 g/mol. The number of aliphatic hydroxyl groups excluding tert-OH is 5. The van der Waals surface area contributed by atoms with Gasteiger partial charge in [0.2, 0.25) is 6.29 Å². The van der Waals surface area contributed by atoms with Crippen molar-refractivity contribution in [2.75, 3.05) is 0 Å². The quantitative estimate of drug-likeness (QED) is 0.453. The molecule has 30 heavy (non-hydrogen) atoms. The maximum absolute atomic E-state index is 10.3. The molecule has 0 aliphatic carbocycles. The fraction of sp³-hybridized carbons (Fsp3) is 0.478. The van der Waals surface area contributed by atoms with E-state index in [4.69, 9.17) is 9.47 Å². The van der Waals surface area contributed by atoms with Gasteiger partial charge in [0.25, 0.3) is 0 Å². The van der Waals surface area contributed by atoms with Crippen LogP contribution in [0.3, 0.4) is 0 Å². The molecule has 1 fully saturated rings. The molecule has 0 spiro atoms. The average molecular weight is 418 g/mol. The Morgan fingerprint density at radius 1 is 0.933 bits per heavy atom. The molecule has 1 saturated heterocycles. The molecule has 2 aromatic carbocycles. The molecule has 0 amide bonds. The van der Waals surface area contributed by atoms with Crippen LogP contribution < -0.4 is 4.74 Å². The van der Waals surface area contributed by atoms with Gasteiger partial charge in [-0.05, 0) is 41.7 Å². The molecule has 6 atom stereocenters. The highest BCUT2D eigenvalue weighted by molar-refractivity contribution is 5.41. The Morgan fingerprint density at radius 3 is 2.17 bits per heavy atom. The first kappa shape index (κ1) is 22.7. The van der Waals surface area contributed by atoms with Gasteiger partial charge in [-0.3, -0.25) is 0 Å². The van der Waals surface area contributed by atoms with Crippen molar-refractivity contribution in [3.63, 3.8) is 0 Å². The maximum Gasteiger partial charge on any atom is 0.229 e. The summed E-state index contributed by atoms with van der Waals surface area (Å²) in [4.78, 5) is 0. The van der Waals surface area contributed by atoms with Gasteiger partial charge < -0.3 is 35.0 Å². The van der Waals surface area contributed by atoms with E-state index in [0.29, 0.717) is 17.7 Å². The Kier molecular flexibility index (Phi) is 7.46. The third-order valence-corrected chi connectivity index (χ3v) is 5.47. The van der Waals surface area contributed by atoms with Crippen molar-refractivity contribution < 1.29 is 35.0 Å². The molecule has 1 aliphatic rings. The predicted molar refractivity (Wildman–Crippen MR) is 110 cm³/mol. The van der Waals surface area contributed by atoms with Crippen molar-refractivity contribution in [2.45, 2.75) is 70.1 Å². The molecule has 0 aromatic heterocycles. The minimum absolute atomic E-state index is 0.187. The molecule has 1 heterocycles. The van der Waals surface area contributed by atoms with Crippen LogP contribution in [0.15, 0.2) is 42.5 Å². The first-order valence-corrected chi connectivity index (χ1v) is 10.2. The molecule has 3 rings (SSSR count). The fourth-order valence-corrected chi connectivity index (χ4v) is 3.56. The Labute approximate surface area is 176 Å². The summed E-state index contributed by atoms with van der Waals surface area (Å²) in [5.41, 5.74) is 3.73. The molecule has 0 radical (unpaired) electrons. The van der Waals surface area contributed by atoms with E-state index in [1.165, 1.54) is 12.5 Å². The normalized spacial score (nSPS) is 27.6. The number of aliphatic hydroxyl groups is 5. The Balaban J connectivity index is 1.86. The molecule has 0 saturated carbocycles. The van der Waals surface area contributed by atoms with E-state index >= 15 is 0 Å². The minimum atomic E-state index is -1.53. The van der Waals surface area contributed by atoms with Gasteiger partial charge in [-0.25, -0.2) is 0 Å². The predicted octanol–water partition coefficient (Wildman–Crippen LogP) is 0.899. The summed E-state index contributed by atoms with van der Waals surface area (Å²) in [6.45, 7) is 3.33. The van der Waals surface area contributed by atoms with Crippen LogP contribution in [0.2, 0.25) is 0 Å². The fourth-order valence-electron chi connectivity index (χ4n) is 3.56. The van der Waals surface area contributed by atoms with Crippen molar-refractivity contribution in [3.05, 3.63) is 64.7 Å². The van der Waals surface area contributed by atoms with Gasteiger partial charge in [-0.15, -0.1) is 0 Å². The van der Waals surface area contributed by atoms with Crippen LogP contribution in [0.25, 0.3) is 0 Å². The van der Waals surface area contributed by atoms with Crippen LogP contribution >= 0.6 is 0 Å². The monoisotopic (exact) mass is 418 g/mol. The molecule has 164 valence electrons. The molecule has 0 bridgehead atoms. The van der Waals surface area contributed by atoms with E-state index in [2.05, 4.69) is 19.1 Å². The first-order chi connectivity index (χ1) is 14.3. The van der Waals surface area contributed by atoms with Crippen molar-refractivity contribution >= 4 is 0 Å². The van der Waals surface area contributed by atoms with E-state index < -0.39 is 36.8 Å². The van der Waals surface area contributed by atoms with Crippen molar-refractivity contribution in [1.29, 1.82) is 0 Å². The smallest absolute Gasteiger partial charge is 0.229 e. The number of hydrogen-bond acceptors (Lipinski definition) is 7. The average Bonchev–Trinajstić information content (AvgIpc) is 2.75. The zero-order chi connectivity index (χ0) is 21.8.